The number of hydrogen-bond acceptors (Lipinski definition) is 9. The summed E-state index contributed by atoms with van der Waals surface area (Å²) in [4.78, 5) is 40.2. The number of anilines is 1. The van der Waals surface area contributed by atoms with Gasteiger partial charge >= 0.3 is 11.9 Å². The molecule has 146 valence electrons. The first-order valence-corrected chi connectivity index (χ1v) is 10.9. The molecule has 2 aromatic rings. The molecule has 0 aromatic carbocycles. The van der Waals surface area contributed by atoms with Gasteiger partial charge in [0, 0.05) is 5.38 Å². The fourth-order valence-electron chi connectivity index (χ4n) is 2.04. The number of rotatable bonds is 9. The van der Waals surface area contributed by atoms with Crippen LogP contribution in [0.3, 0.4) is 0 Å². The van der Waals surface area contributed by atoms with E-state index in [2.05, 4.69) is 10.3 Å². The van der Waals surface area contributed by atoms with Crippen molar-refractivity contribution in [3.63, 3.8) is 0 Å². The van der Waals surface area contributed by atoms with Crippen LogP contribution in [0.15, 0.2) is 15.8 Å². The molecule has 0 aliphatic heterocycles. The summed E-state index contributed by atoms with van der Waals surface area (Å²) in [6, 6.07) is 1.75. The molecule has 1 amide bonds. The second kappa shape index (κ2) is 10.4. The van der Waals surface area contributed by atoms with Crippen molar-refractivity contribution < 1.29 is 23.9 Å². The third-order valence-electron chi connectivity index (χ3n) is 3.13. The van der Waals surface area contributed by atoms with Crippen LogP contribution < -0.4 is 5.32 Å². The largest absolute Gasteiger partial charge is 0.466 e. The number of thioether (sulfide) groups is 1. The van der Waals surface area contributed by atoms with Crippen molar-refractivity contribution in [3.05, 3.63) is 27.6 Å². The van der Waals surface area contributed by atoms with Gasteiger partial charge in [0.2, 0.25) is 5.91 Å². The van der Waals surface area contributed by atoms with Gasteiger partial charge in [0.05, 0.1) is 36.1 Å². The third kappa shape index (κ3) is 6.64. The van der Waals surface area contributed by atoms with Crippen molar-refractivity contribution in [1.29, 1.82) is 0 Å². The molecule has 1 N–H and O–H groups in total. The summed E-state index contributed by atoms with van der Waals surface area (Å²) in [5, 5.41) is 5.16. The minimum atomic E-state index is -0.383. The van der Waals surface area contributed by atoms with Crippen LogP contribution in [0, 0.1) is 6.92 Å². The predicted octanol–water partition coefficient (Wildman–Crippen LogP) is 3.53. The number of ether oxygens (including phenoxy) is 2. The molecule has 0 aliphatic carbocycles. The molecule has 2 aromatic heterocycles. The third-order valence-corrected chi connectivity index (χ3v) is 6.33. The first kappa shape index (κ1) is 21.4. The molecule has 10 heteroatoms. The highest BCUT2D eigenvalue weighted by atomic mass is 32.2. The Morgan fingerprint density at radius 2 is 1.96 bits per heavy atom. The lowest BCUT2D eigenvalue weighted by Gasteiger charge is -2.01. The molecule has 0 saturated carbocycles. The highest BCUT2D eigenvalue weighted by molar-refractivity contribution is 8.01. The van der Waals surface area contributed by atoms with E-state index >= 15 is 0 Å². The summed E-state index contributed by atoms with van der Waals surface area (Å²) in [6.45, 7) is 5.94. The molecule has 0 fully saturated rings. The Labute approximate surface area is 169 Å². The highest BCUT2D eigenvalue weighted by Crippen LogP contribution is 2.28. The molecular weight excluding hydrogens is 408 g/mol. The van der Waals surface area contributed by atoms with Crippen molar-refractivity contribution >= 4 is 57.3 Å². The number of nitrogens with zero attached hydrogens (tertiary/aromatic N) is 1. The molecule has 2 rings (SSSR count). The van der Waals surface area contributed by atoms with Crippen LogP contribution in [0.4, 0.5) is 5.00 Å². The smallest absolute Gasteiger partial charge is 0.348 e. The van der Waals surface area contributed by atoms with Gasteiger partial charge in [0.15, 0.2) is 4.34 Å². The van der Waals surface area contributed by atoms with Gasteiger partial charge in [-0.15, -0.1) is 22.7 Å². The fourth-order valence-corrected chi connectivity index (χ4v) is 4.67. The predicted molar refractivity (Wildman–Crippen MR) is 107 cm³/mol. The lowest BCUT2D eigenvalue weighted by Crippen LogP contribution is -2.13. The first-order chi connectivity index (χ1) is 12.9. The Morgan fingerprint density at radius 1 is 1.22 bits per heavy atom. The molecule has 0 spiro atoms. The van der Waals surface area contributed by atoms with E-state index in [1.54, 1.807) is 32.2 Å². The normalized spacial score (nSPS) is 10.5. The van der Waals surface area contributed by atoms with Gasteiger partial charge in [-0.3, -0.25) is 9.59 Å². The van der Waals surface area contributed by atoms with E-state index in [4.69, 9.17) is 9.47 Å². The molecule has 2 heterocycles. The van der Waals surface area contributed by atoms with Crippen LogP contribution in [0.1, 0.15) is 34.8 Å². The van der Waals surface area contributed by atoms with E-state index in [0.29, 0.717) is 33.1 Å². The number of carbonyl (C=O) groups is 3. The Bertz CT molecular complexity index is 815. The number of aromatic nitrogens is 1. The monoisotopic (exact) mass is 428 g/mol. The van der Waals surface area contributed by atoms with Crippen LogP contribution in [0.25, 0.3) is 0 Å². The van der Waals surface area contributed by atoms with Crippen molar-refractivity contribution in [3.8, 4) is 0 Å². The van der Waals surface area contributed by atoms with Crippen LogP contribution in [0.5, 0.6) is 0 Å². The minimum absolute atomic E-state index is 0.127. The Hall–Kier alpha value is -1.91. The van der Waals surface area contributed by atoms with Crippen molar-refractivity contribution in [2.75, 3.05) is 24.3 Å². The summed E-state index contributed by atoms with van der Waals surface area (Å²) in [7, 11) is 0. The van der Waals surface area contributed by atoms with Gasteiger partial charge < -0.3 is 14.8 Å². The van der Waals surface area contributed by atoms with E-state index in [9.17, 15) is 14.4 Å². The van der Waals surface area contributed by atoms with Crippen LogP contribution >= 0.6 is 34.4 Å². The maximum absolute atomic E-state index is 12.1. The molecule has 0 atom stereocenters. The van der Waals surface area contributed by atoms with Crippen LogP contribution in [-0.4, -0.2) is 41.8 Å². The van der Waals surface area contributed by atoms with Crippen LogP contribution in [0.2, 0.25) is 0 Å². The highest BCUT2D eigenvalue weighted by Gasteiger charge is 2.16. The molecule has 0 unspecified atom stereocenters. The number of aryl methyl sites for hydroxylation is 1. The quantitative estimate of drug-likeness (QED) is 0.482. The van der Waals surface area contributed by atoms with Gasteiger partial charge in [0.1, 0.15) is 4.88 Å². The number of amides is 1. The van der Waals surface area contributed by atoms with E-state index in [-0.39, 0.29) is 30.0 Å². The molecule has 0 bridgehead atoms. The lowest BCUT2D eigenvalue weighted by atomic mass is 10.3. The molecule has 7 nitrogen and oxygen atoms in total. The minimum Gasteiger partial charge on any atom is -0.466 e. The number of thiophene rings is 1. The fraction of sp³-hybridized carbons (Fsp3) is 0.412. The number of thiazole rings is 1. The molecule has 0 aliphatic rings. The maximum atomic E-state index is 12.1. The lowest BCUT2D eigenvalue weighted by molar-refractivity contribution is -0.142. The molecular formula is C17H20N2O5S3. The Balaban J connectivity index is 1.85. The standard InChI is InChI=1S/C17H20N2O5S3/c1-4-23-14(21)7-11-8-25-17(18-11)26-9-12(20)19-13-6-10(3)15(27-13)16(22)24-5-2/h6,8H,4-5,7,9H2,1-3H3,(H,19,20). The first-order valence-electron chi connectivity index (χ1n) is 8.23. The summed E-state index contributed by atoms with van der Waals surface area (Å²) in [5.74, 6) is -0.717. The van der Waals surface area contributed by atoms with Gasteiger partial charge in [0.25, 0.3) is 0 Å². The zero-order valence-corrected chi connectivity index (χ0v) is 17.6. The van der Waals surface area contributed by atoms with Gasteiger partial charge in [-0.1, -0.05) is 11.8 Å². The summed E-state index contributed by atoms with van der Waals surface area (Å²) >= 11 is 3.86. The summed E-state index contributed by atoms with van der Waals surface area (Å²) < 4.78 is 10.6. The average molecular weight is 429 g/mol. The van der Waals surface area contributed by atoms with E-state index in [1.165, 1.54) is 34.4 Å². The van der Waals surface area contributed by atoms with Gasteiger partial charge in [-0.05, 0) is 32.4 Å². The Kier molecular flexibility index (Phi) is 8.26. The molecule has 0 saturated heterocycles. The number of esters is 2. The topological polar surface area (TPSA) is 94.6 Å². The van der Waals surface area contributed by atoms with Crippen LogP contribution in [-0.2, 0) is 25.5 Å². The van der Waals surface area contributed by atoms with Crippen molar-refractivity contribution in [1.82, 2.24) is 4.98 Å². The van der Waals surface area contributed by atoms with E-state index in [1.807, 2.05) is 0 Å². The van der Waals surface area contributed by atoms with E-state index < -0.39 is 0 Å². The zero-order chi connectivity index (χ0) is 19.8. The zero-order valence-electron chi connectivity index (χ0n) is 15.2. The SMILES string of the molecule is CCOC(=O)Cc1csc(SCC(=O)Nc2cc(C)c(C(=O)OCC)s2)n1. The Morgan fingerprint density at radius 3 is 2.67 bits per heavy atom. The average Bonchev–Trinajstić information content (AvgIpc) is 3.19. The van der Waals surface area contributed by atoms with Crippen molar-refractivity contribution in [2.24, 2.45) is 0 Å². The number of nitrogens with one attached hydrogen (secondary N) is 1. The molecule has 27 heavy (non-hydrogen) atoms. The van der Waals surface area contributed by atoms with E-state index in [0.717, 1.165) is 5.56 Å². The summed E-state index contributed by atoms with van der Waals surface area (Å²) in [5.41, 5.74) is 1.40. The maximum Gasteiger partial charge on any atom is 0.348 e. The number of carbonyl (C=O) groups excluding carboxylic acids is 3. The van der Waals surface area contributed by atoms with Crippen molar-refractivity contribution in [2.45, 2.75) is 31.5 Å². The van der Waals surface area contributed by atoms with Gasteiger partial charge in [-0.2, -0.15) is 0 Å². The number of hydrogen-bond donors (Lipinski definition) is 1. The second-order valence-corrected chi connectivity index (χ2v) is 8.40. The second-order valence-electron chi connectivity index (χ2n) is 5.27. The van der Waals surface area contributed by atoms with Gasteiger partial charge in [-0.25, -0.2) is 9.78 Å². The summed E-state index contributed by atoms with van der Waals surface area (Å²) in [6.07, 6.45) is 0.127. The molecule has 0 radical (unpaired) electrons.